The van der Waals surface area contributed by atoms with E-state index in [-0.39, 0.29) is 23.2 Å². The first-order valence-electron chi connectivity index (χ1n) is 6.81. The van der Waals surface area contributed by atoms with E-state index in [9.17, 15) is 4.79 Å². The van der Waals surface area contributed by atoms with E-state index in [0.29, 0.717) is 12.2 Å². The van der Waals surface area contributed by atoms with Crippen LogP contribution in [0, 0.1) is 0 Å². The van der Waals surface area contributed by atoms with Crippen LogP contribution in [0.2, 0.25) is 5.02 Å². The summed E-state index contributed by atoms with van der Waals surface area (Å²) in [5, 5.41) is 16.1. The quantitative estimate of drug-likeness (QED) is 0.847. The molecule has 0 aliphatic rings. The van der Waals surface area contributed by atoms with Gasteiger partial charge in [0.05, 0.1) is 32.1 Å². The van der Waals surface area contributed by atoms with Gasteiger partial charge < -0.3 is 15.2 Å². The van der Waals surface area contributed by atoms with Crippen molar-refractivity contribution in [1.29, 1.82) is 0 Å². The number of anilines is 1. The van der Waals surface area contributed by atoms with Crippen LogP contribution in [0.25, 0.3) is 0 Å². The Morgan fingerprint density at radius 3 is 2.68 bits per heavy atom. The molecule has 1 aromatic carbocycles. The fraction of sp³-hybridized carbons (Fsp3) is 0.333. The van der Waals surface area contributed by atoms with Crippen molar-refractivity contribution in [2.45, 2.75) is 19.5 Å². The van der Waals surface area contributed by atoms with Crippen LogP contribution < -0.4 is 15.6 Å². The first-order chi connectivity index (χ1) is 10.5. The van der Waals surface area contributed by atoms with E-state index in [0.717, 1.165) is 11.3 Å². The third-order valence-corrected chi connectivity index (χ3v) is 3.52. The predicted molar refractivity (Wildman–Crippen MR) is 85.8 cm³/mol. The van der Waals surface area contributed by atoms with E-state index >= 15 is 0 Å². The zero-order valence-electron chi connectivity index (χ0n) is 12.4. The molecule has 0 amide bonds. The maximum Gasteiger partial charge on any atom is 0.287 e. The molecular formula is C15H18ClN3O3. The van der Waals surface area contributed by atoms with Gasteiger partial charge in [-0.05, 0) is 24.6 Å². The molecule has 1 heterocycles. The minimum atomic E-state index is -0.382. The van der Waals surface area contributed by atoms with Gasteiger partial charge in [-0.25, -0.2) is 4.68 Å². The molecular weight excluding hydrogens is 306 g/mol. The zero-order valence-corrected chi connectivity index (χ0v) is 13.2. The van der Waals surface area contributed by atoms with Crippen LogP contribution in [0.1, 0.15) is 12.5 Å². The highest BCUT2D eigenvalue weighted by molar-refractivity contribution is 6.32. The highest BCUT2D eigenvalue weighted by atomic mass is 35.5. The van der Waals surface area contributed by atoms with Gasteiger partial charge in [0.1, 0.15) is 10.8 Å². The zero-order chi connectivity index (χ0) is 16.1. The normalized spacial score (nSPS) is 12.0. The highest BCUT2D eigenvalue weighted by Crippen LogP contribution is 2.17. The summed E-state index contributed by atoms with van der Waals surface area (Å²) in [6, 6.07) is 7.15. The van der Waals surface area contributed by atoms with Gasteiger partial charge in [0.25, 0.3) is 5.56 Å². The Morgan fingerprint density at radius 2 is 2.09 bits per heavy atom. The highest BCUT2D eigenvalue weighted by Gasteiger charge is 2.11. The number of hydrogen-bond donors (Lipinski definition) is 2. The van der Waals surface area contributed by atoms with Gasteiger partial charge in [-0.15, -0.1) is 0 Å². The molecule has 6 nitrogen and oxygen atoms in total. The second kappa shape index (κ2) is 7.29. The van der Waals surface area contributed by atoms with E-state index in [1.54, 1.807) is 14.0 Å². The van der Waals surface area contributed by atoms with Crippen LogP contribution in [0.15, 0.2) is 35.3 Å². The summed E-state index contributed by atoms with van der Waals surface area (Å²) < 4.78 is 6.38. The van der Waals surface area contributed by atoms with Crippen molar-refractivity contribution >= 4 is 17.3 Å². The molecule has 0 aliphatic carbocycles. The summed E-state index contributed by atoms with van der Waals surface area (Å²) in [5.41, 5.74) is 0.947. The van der Waals surface area contributed by atoms with Gasteiger partial charge >= 0.3 is 0 Å². The minimum absolute atomic E-state index is 0.0591. The number of ether oxygens (including phenoxy) is 1. The van der Waals surface area contributed by atoms with Crippen molar-refractivity contribution in [3.05, 3.63) is 51.4 Å². The average molecular weight is 324 g/mol. The number of methoxy groups -OCH3 is 1. The summed E-state index contributed by atoms with van der Waals surface area (Å²) in [7, 11) is 1.60. The largest absolute Gasteiger partial charge is 0.497 e. The van der Waals surface area contributed by atoms with Crippen LogP contribution in [0.4, 0.5) is 5.69 Å². The molecule has 0 spiro atoms. The molecule has 0 saturated carbocycles. The fourth-order valence-corrected chi connectivity index (χ4v) is 2.09. The molecule has 7 heteroatoms. The fourth-order valence-electron chi connectivity index (χ4n) is 1.89. The van der Waals surface area contributed by atoms with Crippen molar-refractivity contribution in [3.63, 3.8) is 0 Å². The molecule has 0 radical (unpaired) electrons. The Morgan fingerprint density at radius 1 is 1.41 bits per heavy atom. The average Bonchev–Trinajstić information content (AvgIpc) is 2.55. The second-order valence-electron chi connectivity index (χ2n) is 4.91. The molecule has 0 saturated heterocycles. The lowest BCUT2D eigenvalue weighted by atomic mass is 10.2. The molecule has 118 valence electrons. The number of nitrogens with zero attached hydrogens (tertiary/aromatic N) is 2. The molecule has 2 aromatic rings. The number of benzene rings is 1. The maximum absolute atomic E-state index is 12.2. The number of halogens is 1. The smallest absolute Gasteiger partial charge is 0.287 e. The molecule has 0 fully saturated rings. The Balaban J connectivity index is 2.21. The molecule has 0 aliphatic heterocycles. The molecule has 0 bridgehead atoms. The van der Waals surface area contributed by atoms with E-state index < -0.39 is 0 Å². The van der Waals surface area contributed by atoms with Crippen molar-refractivity contribution in [1.82, 2.24) is 9.78 Å². The Bertz CT molecular complexity index is 685. The first-order valence-corrected chi connectivity index (χ1v) is 7.19. The number of hydrogen-bond acceptors (Lipinski definition) is 5. The Kier molecular flexibility index (Phi) is 5.41. The SMILES string of the molecule is COc1ccc(Cn2ncc(NC(C)CO)c(Cl)c2=O)cc1. The summed E-state index contributed by atoms with van der Waals surface area (Å²) in [6.45, 7) is 2.03. The number of rotatable bonds is 6. The van der Waals surface area contributed by atoms with Gasteiger partial charge in [0, 0.05) is 6.04 Å². The lowest BCUT2D eigenvalue weighted by Crippen LogP contribution is -2.27. The summed E-state index contributed by atoms with van der Waals surface area (Å²) in [5.74, 6) is 0.750. The topological polar surface area (TPSA) is 76.4 Å². The van der Waals surface area contributed by atoms with Crippen LogP contribution in [-0.4, -0.2) is 34.6 Å². The molecule has 22 heavy (non-hydrogen) atoms. The third kappa shape index (κ3) is 3.78. The van der Waals surface area contributed by atoms with Crippen LogP contribution in [0.5, 0.6) is 5.75 Å². The third-order valence-electron chi connectivity index (χ3n) is 3.15. The van der Waals surface area contributed by atoms with Crippen molar-refractivity contribution in [2.75, 3.05) is 19.0 Å². The van der Waals surface area contributed by atoms with Crippen molar-refractivity contribution in [2.24, 2.45) is 0 Å². The molecule has 1 aromatic heterocycles. The van der Waals surface area contributed by atoms with Gasteiger partial charge in [0.15, 0.2) is 0 Å². The van der Waals surface area contributed by atoms with E-state index in [1.165, 1.54) is 10.9 Å². The number of aromatic nitrogens is 2. The monoisotopic (exact) mass is 323 g/mol. The van der Waals surface area contributed by atoms with Crippen molar-refractivity contribution in [3.8, 4) is 5.75 Å². The predicted octanol–water partition coefficient (Wildman–Crippen LogP) is 1.75. The van der Waals surface area contributed by atoms with E-state index in [2.05, 4.69) is 10.4 Å². The second-order valence-corrected chi connectivity index (χ2v) is 5.29. The summed E-state index contributed by atoms with van der Waals surface area (Å²) >= 11 is 6.08. The van der Waals surface area contributed by atoms with E-state index in [4.69, 9.17) is 21.4 Å². The Labute approximate surface area is 133 Å². The maximum atomic E-state index is 12.2. The molecule has 1 atom stereocenters. The van der Waals surface area contributed by atoms with Gasteiger partial charge in [0.2, 0.25) is 0 Å². The summed E-state index contributed by atoms with van der Waals surface area (Å²) in [6.07, 6.45) is 1.49. The van der Waals surface area contributed by atoms with Crippen molar-refractivity contribution < 1.29 is 9.84 Å². The Hall–Kier alpha value is -2.05. The number of nitrogens with one attached hydrogen (secondary N) is 1. The van der Waals surface area contributed by atoms with Gasteiger partial charge in [-0.1, -0.05) is 23.7 Å². The van der Waals surface area contributed by atoms with Gasteiger partial charge in [-0.3, -0.25) is 4.79 Å². The standard InChI is InChI=1S/C15H18ClN3O3/c1-10(9-20)18-13-7-17-19(15(21)14(13)16)8-11-3-5-12(22-2)6-4-11/h3-7,10,18,20H,8-9H2,1-2H3. The number of aliphatic hydroxyl groups excluding tert-OH is 1. The summed E-state index contributed by atoms with van der Waals surface area (Å²) in [4.78, 5) is 12.2. The van der Waals surface area contributed by atoms with Gasteiger partial charge in [-0.2, -0.15) is 5.10 Å². The molecule has 2 rings (SSSR count). The molecule has 2 N–H and O–H groups in total. The van der Waals surface area contributed by atoms with Crippen LogP contribution in [-0.2, 0) is 6.54 Å². The lowest BCUT2D eigenvalue weighted by Gasteiger charge is -2.14. The minimum Gasteiger partial charge on any atom is -0.497 e. The van der Waals surface area contributed by atoms with Crippen LogP contribution in [0.3, 0.4) is 0 Å². The number of aliphatic hydroxyl groups is 1. The van der Waals surface area contributed by atoms with Crippen LogP contribution >= 0.6 is 11.6 Å². The molecule has 1 unspecified atom stereocenters. The first kappa shape index (κ1) is 16.3. The lowest BCUT2D eigenvalue weighted by molar-refractivity contribution is 0.281. The van der Waals surface area contributed by atoms with E-state index in [1.807, 2.05) is 24.3 Å².